The Balaban J connectivity index is 0.000000423. The molecular formula is C19H34BN. The first-order chi connectivity index (χ1) is 10.2. The van der Waals surface area contributed by atoms with E-state index in [0.29, 0.717) is 0 Å². The predicted octanol–water partition coefficient (Wildman–Crippen LogP) is 4.48. The zero-order chi connectivity index (χ0) is 15.9. The molecule has 0 unspecified atom stereocenters. The van der Waals surface area contributed by atoms with Crippen molar-refractivity contribution in [3.8, 4) is 0 Å². The number of hydrogen-bond donors (Lipinski definition) is 0. The molecule has 0 atom stereocenters. The fourth-order valence-electron chi connectivity index (χ4n) is 2.07. The van der Waals surface area contributed by atoms with Crippen molar-refractivity contribution in [2.75, 3.05) is 19.6 Å². The Morgan fingerprint density at radius 2 is 1.24 bits per heavy atom. The van der Waals surface area contributed by atoms with Gasteiger partial charge in [0, 0.05) is 0 Å². The molecule has 1 aromatic rings. The Kier molecular flexibility index (Phi) is 13.7. The first kappa shape index (κ1) is 20.2. The Bertz CT molecular complexity index is 298. The van der Waals surface area contributed by atoms with Crippen molar-refractivity contribution < 1.29 is 0 Å². The summed E-state index contributed by atoms with van der Waals surface area (Å²) in [6.07, 6.45) is 8.09. The summed E-state index contributed by atoms with van der Waals surface area (Å²) in [6.45, 7) is 12.8. The van der Waals surface area contributed by atoms with Crippen LogP contribution in [-0.4, -0.2) is 32.4 Å². The van der Waals surface area contributed by atoms with Gasteiger partial charge in [-0.05, 0) is 45.8 Å². The van der Waals surface area contributed by atoms with Crippen LogP contribution in [0.2, 0.25) is 0 Å². The third-order valence-electron chi connectivity index (χ3n) is 3.67. The lowest BCUT2D eigenvalue weighted by atomic mass is 9.92. The topological polar surface area (TPSA) is 3.24 Å². The van der Waals surface area contributed by atoms with Gasteiger partial charge in [0.1, 0.15) is 7.85 Å². The molecule has 0 aliphatic carbocycles. The average molecular weight is 287 g/mol. The van der Waals surface area contributed by atoms with Gasteiger partial charge >= 0.3 is 0 Å². The molecule has 1 aromatic carbocycles. The summed E-state index contributed by atoms with van der Waals surface area (Å²) in [5.41, 5.74) is 2.01. The molecule has 0 spiro atoms. The molecule has 1 nitrogen and oxygen atoms in total. The van der Waals surface area contributed by atoms with Crippen molar-refractivity contribution >= 4 is 13.3 Å². The molecule has 0 heterocycles. The highest BCUT2D eigenvalue weighted by Crippen LogP contribution is 2.01. The fourth-order valence-corrected chi connectivity index (χ4v) is 2.07. The molecule has 0 fully saturated rings. The van der Waals surface area contributed by atoms with Crippen molar-refractivity contribution in [3.05, 3.63) is 29.8 Å². The first-order valence-corrected chi connectivity index (χ1v) is 8.69. The van der Waals surface area contributed by atoms with Crippen LogP contribution in [0.25, 0.3) is 0 Å². The van der Waals surface area contributed by atoms with E-state index >= 15 is 0 Å². The normalized spacial score (nSPS) is 10.3. The van der Waals surface area contributed by atoms with E-state index in [1.54, 1.807) is 0 Å². The highest BCUT2D eigenvalue weighted by atomic mass is 15.1. The van der Waals surface area contributed by atoms with E-state index in [1.165, 1.54) is 58.2 Å². The van der Waals surface area contributed by atoms with Crippen molar-refractivity contribution in [3.63, 3.8) is 0 Å². The third-order valence-corrected chi connectivity index (χ3v) is 3.67. The molecule has 0 aromatic heterocycles. The molecule has 0 aliphatic heterocycles. The van der Waals surface area contributed by atoms with Crippen LogP contribution >= 0.6 is 0 Å². The summed E-state index contributed by atoms with van der Waals surface area (Å²) >= 11 is 0. The quantitative estimate of drug-likeness (QED) is 0.605. The number of rotatable bonds is 9. The van der Waals surface area contributed by atoms with E-state index in [2.05, 4.69) is 25.7 Å². The molecular weight excluding hydrogens is 253 g/mol. The molecule has 21 heavy (non-hydrogen) atoms. The molecule has 1 rings (SSSR count). The molecule has 0 aliphatic rings. The predicted molar refractivity (Wildman–Crippen MR) is 97.7 cm³/mol. The molecule has 0 bridgehead atoms. The molecule has 2 radical (unpaired) electrons. The Morgan fingerprint density at radius 3 is 1.52 bits per heavy atom. The molecule has 2 heteroatoms. The van der Waals surface area contributed by atoms with Gasteiger partial charge < -0.3 is 4.90 Å². The smallest absolute Gasteiger partial charge is 0.114 e. The molecule has 0 saturated carbocycles. The van der Waals surface area contributed by atoms with Gasteiger partial charge in [-0.3, -0.25) is 0 Å². The van der Waals surface area contributed by atoms with E-state index in [-0.39, 0.29) is 0 Å². The maximum Gasteiger partial charge on any atom is 0.114 e. The van der Waals surface area contributed by atoms with Crippen LogP contribution in [0, 0.1) is 6.92 Å². The SMILES string of the molecule is CCCCN(CCCC)CCCC.[B]c1ccccc1C. The average Bonchev–Trinajstić information content (AvgIpc) is 2.50. The van der Waals surface area contributed by atoms with Gasteiger partial charge in [0.05, 0.1) is 0 Å². The van der Waals surface area contributed by atoms with Crippen LogP contribution in [0.1, 0.15) is 64.9 Å². The van der Waals surface area contributed by atoms with Gasteiger partial charge in [-0.25, -0.2) is 0 Å². The summed E-state index contributed by atoms with van der Waals surface area (Å²) in [4.78, 5) is 2.64. The van der Waals surface area contributed by atoms with Gasteiger partial charge in [-0.15, -0.1) is 0 Å². The Labute approximate surface area is 134 Å². The van der Waals surface area contributed by atoms with Gasteiger partial charge in [0.25, 0.3) is 0 Å². The fraction of sp³-hybridized carbons (Fsp3) is 0.684. The number of hydrogen-bond acceptors (Lipinski definition) is 1. The van der Waals surface area contributed by atoms with E-state index in [4.69, 9.17) is 7.85 Å². The summed E-state index contributed by atoms with van der Waals surface area (Å²) < 4.78 is 0. The lowest BCUT2D eigenvalue weighted by Crippen LogP contribution is -2.27. The lowest BCUT2D eigenvalue weighted by molar-refractivity contribution is 0.261. The molecule has 0 saturated heterocycles. The van der Waals surface area contributed by atoms with Crippen molar-refractivity contribution in [2.45, 2.75) is 66.2 Å². The number of unbranched alkanes of at least 4 members (excludes halogenated alkanes) is 3. The van der Waals surface area contributed by atoms with Gasteiger partial charge in [-0.1, -0.05) is 75.3 Å². The summed E-state index contributed by atoms with van der Waals surface area (Å²) in [6, 6.07) is 7.80. The molecule has 118 valence electrons. The summed E-state index contributed by atoms with van der Waals surface area (Å²) in [5.74, 6) is 0. The maximum absolute atomic E-state index is 5.52. The standard InChI is InChI=1S/C12H27N.C7H7B/c1-4-7-10-13(11-8-5-2)12-9-6-3;1-6-4-2-3-5-7(6)8/h4-12H2,1-3H3;2-5H,1H3. The zero-order valence-electron chi connectivity index (χ0n) is 14.7. The van der Waals surface area contributed by atoms with Crippen molar-refractivity contribution in [1.82, 2.24) is 4.90 Å². The van der Waals surface area contributed by atoms with E-state index < -0.39 is 0 Å². The minimum absolute atomic E-state index is 0.868. The minimum Gasteiger partial charge on any atom is -0.303 e. The number of aryl methyl sites for hydroxylation is 1. The van der Waals surface area contributed by atoms with Gasteiger partial charge in [-0.2, -0.15) is 0 Å². The zero-order valence-corrected chi connectivity index (χ0v) is 14.7. The van der Waals surface area contributed by atoms with Gasteiger partial charge in [0.15, 0.2) is 0 Å². The number of nitrogens with zero attached hydrogens (tertiary/aromatic N) is 1. The maximum atomic E-state index is 5.52. The third kappa shape index (κ3) is 11.6. The van der Waals surface area contributed by atoms with Gasteiger partial charge in [0.2, 0.25) is 0 Å². The highest BCUT2D eigenvalue weighted by Gasteiger charge is 2.01. The highest BCUT2D eigenvalue weighted by molar-refractivity contribution is 6.33. The van der Waals surface area contributed by atoms with Crippen LogP contribution in [0.3, 0.4) is 0 Å². The van der Waals surface area contributed by atoms with Crippen LogP contribution in [-0.2, 0) is 0 Å². The number of benzene rings is 1. The van der Waals surface area contributed by atoms with Crippen molar-refractivity contribution in [2.24, 2.45) is 0 Å². The van der Waals surface area contributed by atoms with Crippen LogP contribution in [0.4, 0.5) is 0 Å². The van der Waals surface area contributed by atoms with Crippen LogP contribution in [0.15, 0.2) is 24.3 Å². The summed E-state index contributed by atoms with van der Waals surface area (Å²) in [7, 11) is 5.52. The molecule has 0 N–H and O–H groups in total. The second-order valence-electron chi connectivity index (χ2n) is 5.76. The van der Waals surface area contributed by atoms with Crippen molar-refractivity contribution in [1.29, 1.82) is 0 Å². The van der Waals surface area contributed by atoms with Crippen LogP contribution < -0.4 is 5.46 Å². The second kappa shape index (κ2) is 14.2. The lowest BCUT2D eigenvalue weighted by Gasteiger charge is -2.21. The first-order valence-electron chi connectivity index (χ1n) is 8.69. The van der Waals surface area contributed by atoms with E-state index in [9.17, 15) is 0 Å². The Hall–Kier alpha value is -0.755. The largest absolute Gasteiger partial charge is 0.303 e. The minimum atomic E-state index is 0.868. The Morgan fingerprint density at radius 1 is 0.810 bits per heavy atom. The van der Waals surface area contributed by atoms with E-state index in [0.717, 1.165) is 11.0 Å². The monoisotopic (exact) mass is 287 g/mol. The van der Waals surface area contributed by atoms with Crippen LogP contribution in [0.5, 0.6) is 0 Å². The summed E-state index contributed by atoms with van der Waals surface area (Å²) in [5, 5.41) is 0. The van der Waals surface area contributed by atoms with E-state index in [1.807, 2.05) is 31.2 Å². The second-order valence-corrected chi connectivity index (χ2v) is 5.76. The molecule has 0 amide bonds.